The normalized spacial score (nSPS) is 19.1. The first-order chi connectivity index (χ1) is 8.02. The lowest BCUT2D eigenvalue weighted by Gasteiger charge is -2.39. The number of hydrogen-bond acceptors (Lipinski definition) is 4. The molecule has 1 aliphatic rings. The van der Waals surface area contributed by atoms with Gasteiger partial charge in [-0.2, -0.15) is 11.8 Å². The molecule has 0 amide bonds. The fourth-order valence-electron chi connectivity index (χ4n) is 2.13. The molecule has 1 aromatic rings. The summed E-state index contributed by atoms with van der Waals surface area (Å²) in [5, 5.41) is 0. The van der Waals surface area contributed by atoms with Crippen molar-refractivity contribution in [2.45, 2.75) is 18.6 Å². The average molecular weight is 252 g/mol. The third kappa shape index (κ3) is 2.80. The van der Waals surface area contributed by atoms with Crippen LogP contribution in [0.15, 0.2) is 18.2 Å². The van der Waals surface area contributed by atoms with Crippen LogP contribution in [0.3, 0.4) is 0 Å². The van der Waals surface area contributed by atoms with Gasteiger partial charge in [-0.1, -0.05) is 0 Å². The van der Waals surface area contributed by atoms with Crippen molar-refractivity contribution < 1.29 is 4.74 Å². The van der Waals surface area contributed by atoms with Crippen molar-refractivity contribution in [2.24, 2.45) is 0 Å². The largest absolute Gasteiger partial charge is 0.495 e. The van der Waals surface area contributed by atoms with E-state index in [-0.39, 0.29) is 0 Å². The maximum atomic E-state index is 5.84. The lowest BCUT2D eigenvalue weighted by Crippen LogP contribution is -2.43. The van der Waals surface area contributed by atoms with E-state index in [1.54, 1.807) is 7.11 Å². The van der Waals surface area contributed by atoms with Crippen LogP contribution in [-0.4, -0.2) is 30.7 Å². The zero-order valence-corrected chi connectivity index (χ0v) is 11.5. The number of nitrogen functional groups attached to an aromatic ring is 1. The van der Waals surface area contributed by atoms with Gasteiger partial charge in [0.1, 0.15) is 5.75 Å². The van der Waals surface area contributed by atoms with Crippen LogP contribution in [0.2, 0.25) is 0 Å². The number of benzene rings is 1. The third-order valence-electron chi connectivity index (χ3n) is 3.01. The Morgan fingerprint density at radius 3 is 2.82 bits per heavy atom. The first-order valence-corrected chi connectivity index (χ1v) is 6.83. The molecule has 4 heteroatoms. The summed E-state index contributed by atoms with van der Waals surface area (Å²) < 4.78 is 5.58. The molecule has 94 valence electrons. The number of nitrogens with two attached hydrogens (primary N) is 1. The lowest BCUT2D eigenvalue weighted by atomic mass is 10.1. The molecule has 0 spiro atoms. The molecular formula is C13H20N2OS. The molecule has 2 N–H and O–H groups in total. The minimum Gasteiger partial charge on any atom is -0.495 e. The molecular weight excluding hydrogens is 232 g/mol. The Morgan fingerprint density at radius 2 is 2.18 bits per heavy atom. The molecule has 0 aliphatic carbocycles. The fraction of sp³-hybridized carbons (Fsp3) is 0.538. The Kier molecular flexibility index (Phi) is 3.43. The number of anilines is 2. The maximum absolute atomic E-state index is 5.84. The standard InChI is InChI=1S/C13H20N2OS/c1-13(2)9-15(6-7-17-13)10-4-5-11(14)12(8-10)16-3/h4-5,8H,6-7,9,14H2,1-3H3. The molecule has 0 atom stereocenters. The molecule has 1 fully saturated rings. The summed E-state index contributed by atoms with van der Waals surface area (Å²) >= 11 is 2.03. The monoisotopic (exact) mass is 252 g/mol. The van der Waals surface area contributed by atoms with Crippen molar-refractivity contribution >= 4 is 23.1 Å². The highest BCUT2D eigenvalue weighted by Gasteiger charge is 2.27. The van der Waals surface area contributed by atoms with Crippen LogP contribution in [0, 0.1) is 0 Å². The lowest BCUT2D eigenvalue weighted by molar-refractivity contribution is 0.417. The van der Waals surface area contributed by atoms with E-state index in [4.69, 9.17) is 10.5 Å². The van der Waals surface area contributed by atoms with Gasteiger partial charge in [-0.25, -0.2) is 0 Å². The predicted octanol–water partition coefficient (Wildman–Crippen LogP) is 2.61. The summed E-state index contributed by atoms with van der Waals surface area (Å²) in [7, 11) is 1.66. The van der Waals surface area contributed by atoms with Crippen LogP contribution >= 0.6 is 11.8 Å². The molecule has 0 saturated carbocycles. The van der Waals surface area contributed by atoms with Crippen molar-refractivity contribution in [3.63, 3.8) is 0 Å². The van der Waals surface area contributed by atoms with Gasteiger partial charge in [-0.15, -0.1) is 0 Å². The van der Waals surface area contributed by atoms with E-state index in [0.29, 0.717) is 10.4 Å². The Morgan fingerprint density at radius 1 is 1.41 bits per heavy atom. The number of methoxy groups -OCH3 is 1. The van der Waals surface area contributed by atoms with Crippen LogP contribution < -0.4 is 15.4 Å². The second-order valence-corrected chi connectivity index (χ2v) is 6.76. The van der Waals surface area contributed by atoms with Crippen LogP contribution in [0.5, 0.6) is 5.75 Å². The van der Waals surface area contributed by atoms with E-state index in [1.165, 1.54) is 11.4 Å². The highest BCUT2D eigenvalue weighted by molar-refractivity contribution is 8.00. The summed E-state index contributed by atoms with van der Waals surface area (Å²) in [5.74, 6) is 1.93. The Balaban J connectivity index is 2.22. The summed E-state index contributed by atoms with van der Waals surface area (Å²) in [4.78, 5) is 2.40. The fourth-order valence-corrected chi connectivity index (χ4v) is 3.24. The van der Waals surface area contributed by atoms with Gasteiger partial charge in [-0.3, -0.25) is 0 Å². The van der Waals surface area contributed by atoms with Crippen molar-refractivity contribution in [1.82, 2.24) is 0 Å². The first kappa shape index (κ1) is 12.4. The van der Waals surface area contributed by atoms with Crippen LogP contribution in [0.1, 0.15) is 13.8 Å². The van der Waals surface area contributed by atoms with E-state index >= 15 is 0 Å². The first-order valence-electron chi connectivity index (χ1n) is 5.84. The van der Waals surface area contributed by atoms with Gasteiger partial charge in [0.25, 0.3) is 0 Å². The second kappa shape index (κ2) is 4.69. The molecule has 1 aromatic carbocycles. The SMILES string of the molecule is COc1cc(N2CCSC(C)(C)C2)ccc1N. The Bertz CT molecular complexity index is 406. The zero-order chi connectivity index (χ0) is 12.5. The highest BCUT2D eigenvalue weighted by Crippen LogP contribution is 2.34. The predicted molar refractivity (Wildman–Crippen MR) is 76.2 cm³/mol. The van der Waals surface area contributed by atoms with Gasteiger partial charge in [-0.05, 0) is 26.0 Å². The quantitative estimate of drug-likeness (QED) is 0.821. The van der Waals surface area contributed by atoms with Crippen molar-refractivity contribution in [3.05, 3.63) is 18.2 Å². The maximum Gasteiger partial charge on any atom is 0.143 e. The van der Waals surface area contributed by atoms with E-state index in [0.717, 1.165) is 18.8 Å². The third-order valence-corrected chi connectivity index (χ3v) is 4.31. The smallest absolute Gasteiger partial charge is 0.143 e. The van der Waals surface area contributed by atoms with Crippen LogP contribution in [0.25, 0.3) is 0 Å². The summed E-state index contributed by atoms with van der Waals surface area (Å²) in [5.41, 5.74) is 7.73. The van der Waals surface area contributed by atoms with Crippen molar-refractivity contribution in [2.75, 3.05) is 36.6 Å². The molecule has 1 saturated heterocycles. The highest BCUT2D eigenvalue weighted by atomic mass is 32.2. The van der Waals surface area contributed by atoms with E-state index in [9.17, 15) is 0 Å². The Hall–Kier alpha value is -1.03. The van der Waals surface area contributed by atoms with Crippen molar-refractivity contribution in [3.8, 4) is 5.75 Å². The molecule has 0 aromatic heterocycles. The van der Waals surface area contributed by atoms with Gasteiger partial charge < -0.3 is 15.4 Å². The molecule has 0 unspecified atom stereocenters. The minimum atomic E-state index is 0.312. The summed E-state index contributed by atoms with van der Waals surface area (Å²) in [6, 6.07) is 6.02. The Labute approximate surface area is 107 Å². The van der Waals surface area contributed by atoms with E-state index in [2.05, 4.69) is 24.8 Å². The number of ether oxygens (including phenoxy) is 1. The number of thioether (sulfide) groups is 1. The van der Waals surface area contributed by atoms with Crippen LogP contribution in [-0.2, 0) is 0 Å². The number of hydrogen-bond donors (Lipinski definition) is 1. The van der Waals surface area contributed by atoms with Gasteiger partial charge in [0, 0.05) is 35.3 Å². The van der Waals surface area contributed by atoms with E-state index in [1.807, 2.05) is 23.9 Å². The minimum absolute atomic E-state index is 0.312. The molecule has 0 bridgehead atoms. The molecule has 3 nitrogen and oxygen atoms in total. The molecule has 17 heavy (non-hydrogen) atoms. The van der Waals surface area contributed by atoms with Gasteiger partial charge >= 0.3 is 0 Å². The number of nitrogens with zero attached hydrogens (tertiary/aromatic N) is 1. The van der Waals surface area contributed by atoms with Crippen LogP contribution in [0.4, 0.5) is 11.4 Å². The van der Waals surface area contributed by atoms with Gasteiger partial charge in [0.2, 0.25) is 0 Å². The van der Waals surface area contributed by atoms with Crippen molar-refractivity contribution in [1.29, 1.82) is 0 Å². The van der Waals surface area contributed by atoms with Gasteiger partial charge in [0.15, 0.2) is 0 Å². The zero-order valence-electron chi connectivity index (χ0n) is 10.7. The summed E-state index contributed by atoms with van der Waals surface area (Å²) in [6.07, 6.45) is 0. The second-order valence-electron chi connectivity index (χ2n) is 4.96. The van der Waals surface area contributed by atoms with Gasteiger partial charge in [0.05, 0.1) is 12.8 Å². The van der Waals surface area contributed by atoms with E-state index < -0.39 is 0 Å². The summed E-state index contributed by atoms with van der Waals surface area (Å²) in [6.45, 7) is 6.72. The molecule has 2 rings (SSSR count). The molecule has 0 radical (unpaired) electrons. The topological polar surface area (TPSA) is 38.5 Å². The number of rotatable bonds is 2. The average Bonchev–Trinajstić information content (AvgIpc) is 2.28. The molecule has 1 heterocycles. The molecule has 1 aliphatic heterocycles.